The summed E-state index contributed by atoms with van der Waals surface area (Å²) in [6.07, 6.45) is -0.565. The largest absolute Gasteiger partial charge is 0.480 e. The van der Waals surface area contributed by atoms with E-state index < -0.39 is 18.1 Å². The minimum atomic E-state index is -1.04. The summed E-state index contributed by atoms with van der Waals surface area (Å²) in [5.41, 5.74) is 0. The van der Waals surface area contributed by atoms with Crippen LogP contribution in [0.1, 0.15) is 6.42 Å². The normalized spacial score (nSPS) is 31.4. The molecule has 2 saturated heterocycles. The lowest BCUT2D eigenvalue weighted by molar-refractivity contribution is -0.150. The number of nitrogens with one attached hydrogen (secondary N) is 1. The molecule has 6 nitrogen and oxygen atoms in total. The number of aliphatic hydroxyl groups excluding tert-OH is 1. The second kappa shape index (κ2) is 3.79. The summed E-state index contributed by atoms with van der Waals surface area (Å²) in [6.45, 7) is 1.36. The first kappa shape index (κ1) is 10.4. The molecule has 0 spiro atoms. The molecule has 3 N–H and O–H groups in total. The van der Waals surface area contributed by atoms with Crippen molar-refractivity contribution in [3.63, 3.8) is 0 Å². The second-order valence-electron chi connectivity index (χ2n) is 4.09. The molecule has 2 aliphatic rings. The Morgan fingerprint density at radius 3 is 2.47 bits per heavy atom. The molecule has 2 fully saturated rings. The predicted molar refractivity (Wildman–Crippen MR) is 50.1 cm³/mol. The molecule has 0 aromatic rings. The Morgan fingerprint density at radius 2 is 2.00 bits per heavy atom. The highest BCUT2D eigenvalue weighted by atomic mass is 16.4. The minimum Gasteiger partial charge on any atom is -0.480 e. The number of carbonyl (C=O) groups is 2. The fraction of sp³-hybridized carbons (Fsp3) is 0.778. The van der Waals surface area contributed by atoms with Crippen molar-refractivity contribution in [1.29, 1.82) is 0 Å². The van der Waals surface area contributed by atoms with Crippen molar-refractivity contribution in [1.82, 2.24) is 10.2 Å². The molecule has 2 atom stereocenters. The molecule has 0 aliphatic carbocycles. The van der Waals surface area contributed by atoms with E-state index in [2.05, 4.69) is 5.32 Å². The number of amides is 1. The summed E-state index contributed by atoms with van der Waals surface area (Å²) in [5.74, 6) is -1.30. The van der Waals surface area contributed by atoms with E-state index in [1.54, 1.807) is 0 Å². The van der Waals surface area contributed by atoms with Crippen LogP contribution in [-0.2, 0) is 9.59 Å². The van der Waals surface area contributed by atoms with E-state index in [9.17, 15) is 14.7 Å². The van der Waals surface area contributed by atoms with Crippen molar-refractivity contribution in [3.05, 3.63) is 0 Å². The van der Waals surface area contributed by atoms with E-state index in [1.807, 2.05) is 0 Å². The van der Waals surface area contributed by atoms with E-state index in [0.717, 1.165) is 0 Å². The lowest BCUT2D eigenvalue weighted by Crippen LogP contribution is -2.54. The van der Waals surface area contributed by atoms with Gasteiger partial charge >= 0.3 is 5.97 Å². The van der Waals surface area contributed by atoms with Crippen LogP contribution in [0.2, 0.25) is 0 Å². The van der Waals surface area contributed by atoms with E-state index >= 15 is 0 Å². The maximum atomic E-state index is 11.8. The number of nitrogens with zero attached hydrogens (tertiary/aromatic N) is 1. The van der Waals surface area contributed by atoms with Crippen molar-refractivity contribution in [3.8, 4) is 0 Å². The maximum Gasteiger partial charge on any atom is 0.326 e. The Hall–Kier alpha value is -1.14. The topological polar surface area (TPSA) is 89.9 Å². The van der Waals surface area contributed by atoms with E-state index in [0.29, 0.717) is 13.1 Å². The maximum absolute atomic E-state index is 11.8. The van der Waals surface area contributed by atoms with Gasteiger partial charge in [-0.3, -0.25) is 4.79 Å². The third-order valence-corrected chi connectivity index (χ3v) is 2.98. The van der Waals surface area contributed by atoms with Crippen LogP contribution in [0, 0.1) is 5.92 Å². The number of carbonyl (C=O) groups excluding carboxylic acids is 1. The highest BCUT2D eigenvalue weighted by Gasteiger charge is 2.42. The predicted octanol–water partition coefficient (Wildman–Crippen LogP) is -1.75. The van der Waals surface area contributed by atoms with Crippen molar-refractivity contribution in [2.45, 2.75) is 18.6 Å². The van der Waals surface area contributed by atoms with Gasteiger partial charge in [-0.2, -0.15) is 0 Å². The second-order valence-corrected chi connectivity index (χ2v) is 4.09. The van der Waals surface area contributed by atoms with Gasteiger partial charge in [-0.15, -0.1) is 0 Å². The molecule has 0 unspecified atom stereocenters. The number of aliphatic hydroxyl groups is 1. The van der Waals surface area contributed by atoms with Gasteiger partial charge in [0.05, 0.1) is 12.0 Å². The highest BCUT2D eigenvalue weighted by Crippen LogP contribution is 2.21. The van der Waals surface area contributed by atoms with Crippen LogP contribution in [0.3, 0.4) is 0 Å². The standard InChI is InChI=1S/C9H14N2O4/c12-6-1-7(9(14)15)11(4-6)8(13)5-2-10-3-5/h5-7,10,12H,1-4H2,(H,14,15)/t6-,7-/m1/s1. The molecule has 2 heterocycles. The number of aliphatic carboxylic acids is 1. The molecule has 1 amide bonds. The zero-order valence-electron chi connectivity index (χ0n) is 8.22. The molecule has 0 saturated carbocycles. The van der Waals surface area contributed by atoms with Gasteiger partial charge in [-0.05, 0) is 0 Å². The number of likely N-dealkylation sites (tertiary alicyclic amines) is 1. The van der Waals surface area contributed by atoms with Gasteiger partial charge in [0.1, 0.15) is 6.04 Å². The lowest BCUT2D eigenvalue weighted by Gasteiger charge is -2.31. The van der Waals surface area contributed by atoms with Gasteiger partial charge in [0.15, 0.2) is 0 Å². The summed E-state index contributed by atoms with van der Waals surface area (Å²) in [6, 6.07) is -0.854. The van der Waals surface area contributed by atoms with Crippen LogP contribution in [0.15, 0.2) is 0 Å². The summed E-state index contributed by atoms with van der Waals surface area (Å²) in [5, 5.41) is 21.2. The molecule has 0 aromatic carbocycles. The van der Waals surface area contributed by atoms with Crippen LogP contribution in [0.4, 0.5) is 0 Å². The molecule has 0 radical (unpaired) electrons. The molecule has 15 heavy (non-hydrogen) atoms. The van der Waals surface area contributed by atoms with Gasteiger partial charge in [-0.1, -0.05) is 0 Å². The van der Waals surface area contributed by atoms with Crippen molar-refractivity contribution < 1.29 is 19.8 Å². The molecular formula is C9H14N2O4. The molecule has 0 bridgehead atoms. The van der Waals surface area contributed by atoms with Crippen LogP contribution >= 0.6 is 0 Å². The number of β-amino-alcohol motifs (C(OH)–C–C–N with tert-alkyl or cyclic N) is 1. The Balaban J connectivity index is 2.05. The van der Waals surface area contributed by atoms with Gasteiger partial charge in [0, 0.05) is 26.1 Å². The summed E-state index contributed by atoms with van der Waals surface area (Å²) in [4.78, 5) is 24.0. The van der Waals surface area contributed by atoms with Crippen LogP contribution < -0.4 is 5.32 Å². The third kappa shape index (κ3) is 1.82. The van der Waals surface area contributed by atoms with E-state index in [1.165, 1.54) is 4.90 Å². The Morgan fingerprint density at radius 1 is 1.33 bits per heavy atom. The van der Waals surface area contributed by atoms with Gasteiger partial charge in [0.25, 0.3) is 0 Å². The Kier molecular flexibility index (Phi) is 2.62. The Labute approximate surface area is 86.9 Å². The number of rotatable bonds is 2. The van der Waals surface area contributed by atoms with Crippen molar-refractivity contribution in [2.75, 3.05) is 19.6 Å². The number of hydrogen-bond donors (Lipinski definition) is 3. The molecule has 2 rings (SSSR count). The highest BCUT2D eigenvalue weighted by molar-refractivity contribution is 5.86. The van der Waals surface area contributed by atoms with Crippen LogP contribution in [0.5, 0.6) is 0 Å². The molecule has 84 valence electrons. The third-order valence-electron chi connectivity index (χ3n) is 2.98. The number of carboxylic acid groups (broad SMARTS) is 1. The van der Waals surface area contributed by atoms with Crippen molar-refractivity contribution in [2.24, 2.45) is 5.92 Å². The minimum absolute atomic E-state index is 0.114. The van der Waals surface area contributed by atoms with E-state index in [4.69, 9.17) is 5.11 Å². The average molecular weight is 214 g/mol. The zero-order chi connectivity index (χ0) is 11.0. The van der Waals surface area contributed by atoms with Crippen molar-refractivity contribution >= 4 is 11.9 Å². The van der Waals surface area contributed by atoms with Gasteiger partial charge < -0.3 is 20.4 Å². The monoisotopic (exact) mass is 214 g/mol. The number of hydrogen-bond acceptors (Lipinski definition) is 4. The van der Waals surface area contributed by atoms with Crippen LogP contribution in [0.25, 0.3) is 0 Å². The lowest BCUT2D eigenvalue weighted by atomic mass is 10.0. The quantitative estimate of drug-likeness (QED) is 0.507. The fourth-order valence-corrected chi connectivity index (χ4v) is 1.99. The Bertz CT molecular complexity index is 290. The number of carboxylic acids is 1. The van der Waals surface area contributed by atoms with Gasteiger partial charge in [-0.25, -0.2) is 4.79 Å². The summed E-state index contributed by atoms with van der Waals surface area (Å²) < 4.78 is 0. The first-order chi connectivity index (χ1) is 7.09. The smallest absolute Gasteiger partial charge is 0.326 e. The van der Waals surface area contributed by atoms with Gasteiger partial charge in [0.2, 0.25) is 5.91 Å². The first-order valence-corrected chi connectivity index (χ1v) is 5.01. The zero-order valence-corrected chi connectivity index (χ0v) is 8.22. The average Bonchev–Trinajstić information content (AvgIpc) is 2.44. The molecule has 2 aliphatic heterocycles. The molecular weight excluding hydrogens is 200 g/mol. The SMILES string of the molecule is O=C(O)[C@H]1C[C@@H](O)CN1C(=O)C1CNC1. The summed E-state index contributed by atoms with van der Waals surface area (Å²) in [7, 11) is 0. The fourth-order valence-electron chi connectivity index (χ4n) is 1.99. The molecule has 6 heteroatoms. The summed E-state index contributed by atoms with van der Waals surface area (Å²) >= 11 is 0. The molecule has 0 aromatic heterocycles. The van der Waals surface area contributed by atoms with Crippen LogP contribution in [-0.4, -0.2) is 58.8 Å². The first-order valence-electron chi connectivity index (χ1n) is 5.01. The van der Waals surface area contributed by atoms with E-state index in [-0.39, 0.29) is 24.8 Å².